The van der Waals surface area contributed by atoms with E-state index in [1.165, 1.54) is 24.3 Å². The molecule has 1 atom stereocenters. The molecular formula is C31H29NO7S. The number of anilines is 1. The second kappa shape index (κ2) is 12.5. The maximum Gasteiger partial charge on any atom is 0.339 e. The minimum absolute atomic E-state index is 0.0100. The highest BCUT2D eigenvalue weighted by Gasteiger charge is 2.22. The number of rotatable bonds is 11. The largest absolute Gasteiger partial charge is 0.507 e. The number of sulfone groups is 1. The average Bonchev–Trinajstić information content (AvgIpc) is 2.92. The summed E-state index contributed by atoms with van der Waals surface area (Å²) in [6, 6.07) is 26.7. The van der Waals surface area contributed by atoms with E-state index in [1.807, 2.05) is 49.4 Å². The summed E-state index contributed by atoms with van der Waals surface area (Å²) in [5, 5.41) is 21.7. The van der Waals surface area contributed by atoms with Crippen LogP contribution in [0.2, 0.25) is 0 Å². The molecule has 3 N–H and O–H groups in total. The highest BCUT2D eigenvalue weighted by atomic mass is 32.2. The maximum absolute atomic E-state index is 13.2. The summed E-state index contributed by atoms with van der Waals surface area (Å²) in [4.78, 5) is 24.2. The number of benzene rings is 4. The molecule has 0 saturated carbocycles. The first kappa shape index (κ1) is 28.4. The molecule has 0 radical (unpaired) electrons. The van der Waals surface area contributed by atoms with Crippen LogP contribution in [0.15, 0.2) is 102 Å². The van der Waals surface area contributed by atoms with Gasteiger partial charge in [-0.25, -0.2) is 13.2 Å². The van der Waals surface area contributed by atoms with Crippen molar-refractivity contribution in [2.75, 3.05) is 11.1 Å². The van der Waals surface area contributed by atoms with Gasteiger partial charge in [0, 0.05) is 18.2 Å². The first-order valence-electron chi connectivity index (χ1n) is 12.6. The Morgan fingerprint density at radius 2 is 1.52 bits per heavy atom. The van der Waals surface area contributed by atoms with Gasteiger partial charge in [-0.1, -0.05) is 48.0 Å². The fourth-order valence-corrected chi connectivity index (χ4v) is 5.59. The smallest absolute Gasteiger partial charge is 0.339 e. The Kier molecular flexibility index (Phi) is 8.86. The molecule has 0 aliphatic heterocycles. The number of hydrogen-bond donors (Lipinski definition) is 3. The molecule has 8 nitrogen and oxygen atoms in total. The van der Waals surface area contributed by atoms with Crippen molar-refractivity contribution in [3.63, 3.8) is 0 Å². The number of carboxylic acid groups (broad SMARTS) is 1. The van der Waals surface area contributed by atoms with E-state index in [2.05, 4.69) is 5.32 Å². The maximum atomic E-state index is 13.2. The Hall–Kier alpha value is -4.63. The fourth-order valence-electron chi connectivity index (χ4n) is 4.21. The number of aryl methyl sites for hydroxylation is 1. The summed E-state index contributed by atoms with van der Waals surface area (Å²) in [5.41, 5.74) is 1.82. The van der Waals surface area contributed by atoms with Gasteiger partial charge in [0.1, 0.15) is 22.8 Å². The number of nitrogens with one attached hydrogen (secondary N) is 1. The first-order valence-corrected chi connectivity index (χ1v) is 14.2. The van der Waals surface area contributed by atoms with Crippen LogP contribution in [-0.2, 0) is 14.6 Å². The van der Waals surface area contributed by atoms with Crippen LogP contribution in [0.3, 0.4) is 0 Å². The van der Waals surface area contributed by atoms with Gasteiger partial charge in [-0.05, 0) is 73.4 Å². The van der Waals surface area contributed by atoms with Gasteiger partial charge in [-0.15, -0.1) is 0 Å². The normalized spacial score (nSPS) is 11.9. The summed E-state index contributed by atoms with van der Waals surface area (Å²) in [5.74, 6) is -1.56. The molecule has 0 aliphatic rings. The second-order valence-corrected chi connectivity index (χ2v) is 11.5. The molecule has 1 amide bonds. The molecule has 9 heteroatoms. The monoisotopic (exact) mass is 559 g/mol. The first-order chi connectivity index (χ1) is 19.1. The van der Waals surface area contributed by atoms with Gasteiger partial charge in [0.15, 0.2) is 9.84 Å². The molecule has 0 aromatic heterocycles. The zero-order valence-corrected chi connectivity index (χ0v) is 22.6. The van der Waals surface area contributed by atoms with Gasteiger partial charge in [-0.2, -0.15) is 0 Å². The van der Waals surface area contributed by atoms with Crippen LogP contribution in [0, 0.1) is 6.92 Å². The highest BCUT2D eigenvalue weighted by molar-refractivity contribution is 7.91. The van der Waals surface area contributed by atoms with E-state index in [0.29, 0.717) is 11.5 Å². The summed E-state index contributed by atoms with van der Waals surface area (Å²) in [6.45, 7) is 1.94. The summed E-state index contributed by atoms with van der Waals surface area (Å²) < 4.78 is 32.1. The molecule has 4 aromatic rings. The lowest BCUT2D eigenvalue weighted by atomic mass is 9.92. The number of ether oxygens (including phenoxy) is 1. The number of para-hydroxylation sites is 1. The van der Waals surface area contributed by atoms with Crippen LogP contribution in [0.1, 0.15) is 40.2 Å². The average molecular weight is 560 g/mol. The van der Waals surface area contributed by atoms with Crippen LogP contribution in [0.25, 0.3) is 0 Å². The van der Waals surface area contributed by atoms with Crippen LogP contribution in [-0.4, -0.2) is 36.3 Å². The number of aromatic carboxylic acids is 1. The lowest BCUT2D eigenvalue weighted by Gasteiger charge is -2.18. The Bertz CT molecular complexity index is 1580. The van der Waals surface area contributed by atoms with E-state index < -0.39 is 33.4 Å². The van der Waals surface area contributed by atoms with E-state index in [-0.39, 0.29) is 34.7 Å². The molecule has 206 valence electrons. The van der Waals surface area contributed by atoms with Gasteiger partial charge in [0.25, 0.3) is 0 Å². The molecule has 1 unspecified atom stereocenters. The second-order valence-electron chi connectivity index (χ2n) is 9.39. The Balaban J connectivity index is 1.45. The lowest BCUT2D eigenvalue weighted by molar-refractivity contribution is -0.116. The molecule has 0 spiro atoms. The number of aromatic hydroxyl groups is 1. The standard InChI is InChI=1S/C31H29NO7S/c1-21-7-9-22(10-8-21)23(19-30(34)32-24-11-16-28(31(35)36)29(33)20-24)17-18-40(37,38)27-14-12-26(13-15-27)39-25-5-3-2-4-6-25/h2-16,20,23,33H,17-19H2,1H3,(H,32,34)(H,35,36). The van der Waals surface area contributed by atoms with Gasteiger partial charge in [0.05, 0.1) is 10.6 Å². The quantitative estimate of drug-likeness (QED) is 0.200. The van der Waals surface area contributed by atoms with Gasteiger partial charge in [0.2, 0.25) is 5.91 Å². The number of hydrogen-bond acceptors (Lipinski definition) is 6. The van der Waals surface area contributed by atoms with Crippen LogP contribution in [0.4, 0.5) is 5.69 Å². The van der Waals surface area contributed by atoms with Gasteiger partial charge in [-0.3, -0.25) is 4.79 Å². The van der Waals surface area contributed by atoms with Crippen molar-refractivity contribution in [1.82, 2.24) is 0 Å². The zero-order valence-electron chi connectivity index (χ0n) is 21.8. The van der Waals surface area contributed by atoms with Crippen LogP contribution < -0.4 is 10.1 Å². The third kappa shape index (κ3) is 7.48. The summed E-state index contributed by atoms with van der Waals surface area (Å²) in [6.07, 6.45) is 0.189. The minimum atomic E-state index is -3.65. The van der Waals surface area contributed by atoms with E-state index >= 15 is 0 Å². The van der Waals surface area contributed by atoms with Crippen molar-refractivity contribution in [2.45, 2.75) is 30.6 Å². The Morgan fingerprint density at radius 1 is 0.875 bits per heavy atom. The number of amides is 1. The molecule has 0 heterocycles. The molecule has 4 rings (SSSR count). The van der Waals surface area contributed by atoms with Crippen LogP contribution >= 0.6 is 0 Å². The molecule has 0 fully saturated rings. The molecule has 0 saturated heterocycles. The molecule has 4 aromatic carbocycles. The number of carbonyl (C=O) groups excluding carboxylic acids is 1. The van der Waals surface area contributed by atoms with Crippen molar-refractivity contribution < 1.29 is 33.0 Å². The third-order valence-corrected chi connectivity index (χ3v) is 8.15. The molecule has 0 bridgehead atoms. The Morgan fingerprint density at radius 3 is 2.15 bits per heavy atom. The van der Waals surface area contributed by atoms with Crippen molar-refractivity contribution in [3.05, 3.63) is 114 Å². The minimum Gasteiger partial charge on any atom is -0.507 e. The Labute approximate surface area is 232 Å². The van der Waals surface area contributed by atoms with Crippen molar-refractivity contribution in [3.8, 4) is 17.2 Å². The van der Waals surface area contributed by atoms with E-state index in [4.69, 9.17) is 9.84 Å². The van der Waals surface area contributed by atoms with Gasteiger partial charge < -0.3 is 20.3 Å². The predicted octanol–water partition coefficient (Wildman–Crippen LogP) is 6.17. The van der Waals surface area contributed by atoms with Crippen LogP contribution in [0.5, 0.6) is 17.2 Å². The van der Waals surface area contributed by atoms with Gasteiger partial charge >= 0.3 is 5.97 Å². The predicted molar refractivity (Wildman–Crippen MR) is 152 cm³/mol. The molecule has 0 aliphatic carbocycles. The van der Waals surface area contributed by atoms with Crippen molar-refractivity contribution >= 4 is 27.4 Å². The molecule has 40 heavy (non-hydrogen) atoms. The summed E-state index contributed by atoms with van der Waals surface area (Å²) >= 11 is 0. The summed E-state index contributed by atoms with van der Waals surface area (Å²) in [7, 11) is -3.65. The highest BCUT2D eigenvalue weighted by Crippen LogP contribution is 2.29. The topological polar surface area (TPSA) is 130 Å². The number of carbonyl (C=O) groups is 2. The molecular weight excluding hydrogens is 530 g/mol. The zero-order chi connectivity index (χ0) is 28.7. The van der Waals surface area contributed by atoms with E-state index in [1.54, 1.807) is 24.3 Å². The number of phenols is 1. The van der Waals surface area contributed by atoms with E-state index in [0.717, 1.165) is 17.2 Å². The fraction of sp³-hybridized carbons (Fsp3) is 0.161. The van der Waals surface area contributed by atoms with Crippen molar-refractivity contribution in [1.29, 1.82) is 0 Å². The lowest BCUT2D eigenvalue weighted by Crippen LogP contribution is -2.18. The third-order valence-electron chi connectivity index (χ3n) is 6.39. The van der Waals surface area contributed by atoms with Crippen molar-refractivity contribution in [2.24, 2.45) is 0 Å². The SMILES string of the molecule is Cc1ccc(C(CCS(=O)(=O)c2ccc(Oc3ccccc3)cc2)CC(=O)Nc2ccc(C(=O)O)c(O)c2)cc1. The van der Waals surface area contributed by atoms with E-state index in [9.17, 15) is 23.1 Å². The number of carboxylic acids is 1.